The Morgan fingerprint density at radius 2 is 2.29 bits per heavy atom. The molecule has 2 N–H and O–H groups in total. The van der Waals surface area contributed by atoms with Gasteiger partial charge in [-0.1, -0.05) is 6.07 Å². The molecule has 0 spiro atoms. The van der Waals surface area contributed by atoms with Gasteiger partial charge in [0.05, 0.1) is 6.10 Å². The lowest BCUT2D eigenvalue weighted by Gasteiger charge is -2.20. The zero-order valence-corrected chi connectivity index (χ0v) is 9.89. The fourth-order valence-corrected chi connectivity index (χ4v) is 1.83. The molecule has 1 aromatic heterocycles. The average Bonchev–Trinajstić information content (AvgIpc) is 2.54. The van der Waals surface area contributed by atoms with Crippen LogP contribution in [0.1, 0.15) is 25.0 Å². The molecule has 2 rings (SSSR count). The number of aliphatic hydroxyl groups excluding tert-OH is 1. The molecule has 1 atom stereocenters. The molecule has 1 aliphatic rings. The highest BCUT2D eigenvalue weighted by Crippen LogP contribution is 2.16. The van der Waals surface area contributed by atoms with Crippen LogP contribution in [-0.4, -0.2) is 35.6 Å². The maximum Gasteiger partial charge on any atom is 0.221 e. The maximum absolute atomic E-state index is 11.2. The molecule has 0 bridgehead atoms. The van der Waals surface area contributed by atoms with Crippen molar-refractivity contribution in [3.8, 4) is 0 Å². The average molecular weight is 235 g/mol. The summed E-state index contributed by atoms with van der Waals surface area (Å²) in [5.41, 5.74) is 0.803. The third kappa shape index (κ3) is 2.94. The largest absolute Gasteiger partial charge is 0.389 e. The molecule has 92 valence electrons. The Bertz CT molecular complexity index is 389. The van der Waals surface area contributed by atoms with E-state index in [-0.39, 0.29) is 5.91 Å². The van der Waals surface area contributed by atoms with Gasteiger partial charge in [-0.05, 0) is 18.6 Å². The number of nitrogens with one attached hydrogen (secondary N) is 1. The zero-order valence-electron chi connectivity index (χ0n) is 9.89. The van der Waals surface area contributed by atoms with Crippen LogP contribution in [0.15, 0.2) is 18.3 Å². The minimum absolute atomic E-state index is 0.0908. The van der Waals surface area contributed by atoms with Gasteiger partial charge in [-0.15, -0.1) is 0 Å². The number of nitrogens with zero attached hydrogens (tertiary/aromatic N) is 2. The van der Waals surface area contributed by atoms with E-state index in [1.807, 2.05) is 12.1 Å². The number of amides is 1. The highest BCUT2D eigenvalue weighted by atomic mass is 16.3. The Morgan fingerprint density at radius 3 is 2.94 bits per heavy atom. The summed E-state index contributed by atoms with van der Waals surface area (Å²) >= 11 is 0. The van der Waals surface area contributed by atoms with Crippen LogP contribution in [0, 0.1) is 0 Å². The van der Waals surface area contributed by atoms with E-state index in [1.165, 1.54) is 0 Å². The lowest BCUT2D eigenvalue weighted by Crippen LogP contribution is -2.28. The molecule has 1 fully saturated rings. The van der Waals surface area contributed by atoms with Gasteiger partial charge in [0, 0.05) is 32.3 Å². The number of carbonyl (C=O) groups excluding carboxylic acids is 1. The van der Waals surface area contributed by atoms with Crippen molar-refractivity contribution in [3.63, 3.8) is 0 Å². The third-order valence-electron chi connectivity index (χ3n) is 2.89. The molecule has 1 aliphatic heterocycles. The highest BCUT2D eigenvalue weighted by molar-refractivity contribution is 5.77. The summed E-state index contributed by atoms with van der Waals surface area (Å²) in [6, 6.07) is 3.75. The monoisotopic (exact) mass is 235 g/mol. The van der Waals surface area contributed by atoms with Gasteiger partial charge in [0.1, 0.15) is 5.82 Å². The van der Waals surface area contributed by atoms with Crippen LogP contribution in [0.2, 0.25) is 0 Å². The van der Waals surface area contributed by atoms with E-state index >= 15 is 0 Å². The van der Waals surface area contributed by atoms with E-state index in [4.69, 9.17) is 0 Å². The summed E-state index contributed by atoms with van der Waals surface area (Å²) in [5, 5.41) is 12.2. The lowest BCUT2D eigenvalue weighted by molar-refractivity contribution is -0.120. The molecule has 1 amide bonds. The van der Waals surface area contributed by atoms with E-state index in [2.05, 4.69) is 15.2 Å². The van der Waals surface area contributed by atoms with Crippen molar-refractivity contribution in [1.82, 2.24) is 10.3 Å². The van der Waals surface area contributed by atoms with Crippen molar-refractivity contribution >= 4 is 11.7 Å². The summed E-state index contributed by atoms with van der Waals surface area (Å²) in [6.45, 7) is 3.82. The number of aliphatic hydroxyl groups is 1. The van der Waals surface area contributed by atoms with E-state index in [0.717, 1.165) is 17.9 Å². The molecule has 1 unspecified atom stereocenters. The van der Waals surface area contributed by atoms with E-state index in [1.54, 1.807) is 13.1 Å². The predicted molar refractivity (Wildman–Crippen MR) is 64.7 cm³/mol. The fourth-order valence-electron chi connectivity index (χ4n) is 1.83. The van der Waals surface area contributed by atoms with Crippen molar-refractivity contribution in [3.05, 3.63) is 23.9 Å². The van der Waals surface area contributed by atoms with Crippen molar-refractivity contribution in [2.45, 2.75) is 19.4 Å². The number of hydrogen-bond donors (Lipinski definition) is 2. The Morgan fingerprint density at radius 1 is 1.47 bits per heavy atom. The van der Waals surface area contributed by atoms with Crippen LogP contribution in [0.25, 0.3) is 0 Å². The van der Waals surface area contributed by atoms with Gasteiger partial charge in [-0.2, -0.15) is 0 Å². The Hall–Kier alpha value is -1.62. The van der Waals surface area contributed by atoms with Crippen LogP contribution >= 0.6 is 0 Å². The summed E-state index contributed by atoms with van der Waals surface area (Å²) < 4.78 is 0. The summed E-state index contributed by atoms with van der Waals surface area (Å²) in [6.07, 6.45) is 1.68. The second-order valence-corrected chi connectivity index (χ2v) is 4.21. The van der Waals surface area contributed by atoms with Crippen molar-refractivity contribution < 1.29 is 9.90 Å². The molecule has 2 heterocycles. The number of aromatic nitrogens is 1. The molecule has 0 aliphatic carbocycles. The van der Waals surface area contributed by atoms with Gasteiger partial charge in [0.25, 0.3) is 0 Å². The van der Waals surface area contributed by atoms with Crippen LogP contribution in [0.3, 0.4) is 0 Å². The SMILES string of the molecule is CC(O)c1ccc(N2CCNC(=O)CC2)nc1. The second kappa shape index (κ2) is 5.14. The minimum Gasteiger partial charge on any atom is -0.389 e. The fraction of sp³-hybridized carbons (Fsp3) is 0.500. The van der Waals surface area contributed by atoms with Crippen molar-refractivity contribution in [1.29, 1.82) is 0 Å². The Kier molecular flexibility index (Phi) is 3.58. The van der Waals surface area contributed by atoms with Crippen molar-refractivity contribution in [2.75, 3.05) is 24.5 Å². The zero-order chi connectivity index (χ0) is 12.3. The summed E-state index contributed by atoms with van der Waals surface area (Å²) in [5.74, 6) is 0.944. The number of anilines is 1. The van der Waals surface area contributed by atoms with Gasteiger partial charge in [0.2, 0.25) is 5.91 Å². The molecular weight excluding hydrogens is 218 g/mol. The van der Waals surface area contributed by atoms with Gasteiger partial charge in [-0.25, -0.2) is 4.98 Å². The topological polar surface area (TPSA) is 65.5 Å². The Balaban J connectivity index is 2.08. The van der Waals surface area contributed by atoms with Gasteiger partial charge in [0.15, 0.2) is 0 Å². The summed E-state index contributed by atoms with van der Waals surface area (Å²) in [7, 11) is 0. The minimum atomic E-state index is -0.496. The van der Waals surface area contributed by atoms with Gasteiger partial charge >= 0.3 is 0 Å². The first-order valence-corrected chi connectivity index (χ1v) is 5.82. The van der Waals surface area contributed by atoms with E-state index in [9.17, 15) is 9.90 Å². The van der Waals surface area contributed by atoms with E-state index < -0.39 is 6.10 Å². The molecule has 5 heteroatoms. The predicted octanol–water partition coefficient (Wildman–Crippen LogP) is 0.461. The molecule has 0 aromatic carbocycles. The quantitative estimate of drug-likeness (QED) is 0.781. The number of hydrogen-bond acceptors (Lipinski definition) is 4. The van der Waals surface area contributed by atoms with Gasteiger partial charge < -0.3 is 15.3 Å². The standard InChI is InChI=1S/C12H17N3O2/c1-9(16)10-2-3-11(14-8-10)15-6-4-12(17)13-5-7-15/h2-3,8-9,16H,4-7H2,1H3,(H,13,17). The second-order valence-electron chi connectivity index (χ2n) is 4.21. The normalized spacial score (nSPS) is 18.5. The highest BCUT2D eigenvalue weighted by Gasteiger charge is 2.14. The van der Waals surface area contributed by atoms with Gasteiger partial charge in [-0.3, -0.25) is 4.79 Å². The number of pyridine rings is 1. The third-order valence-corrected chi connectivity index (χ3v) is 2.89. The molecular formula is C12H17N3O2. The van der Waals surface area contributed by atoms with Crippen molar-refractivity contribution in [2.24, 2.45) is 0 Å². The smallest absolute Gasteiger partial charge is 0.221 e. The molecule has 1 saturated heterocycles. The molecule has 5 nitrogen and oxygen atoms in total. The molecule has 17 heavy (non-hydrogen) atoms. The van der Waals surface area contributed by atoms with Crippen LogP contribution in [-0.2, 0) is 4.79 Å². The van der Waals surface area contributed by atoms with Crippen LogP contribution < -0.4 is 10.2 Å². The molecule has 0 saturated carbocycles. The summed E-state index contributed by atoms with van der Waals surface area (Å²) in [4.78, 5) is 17.6. The molecule has 1 aromatic rings. The first-order chi connectivity index (χ1) is 8.16. The van der Waals surface area contributed by atoms with Crippen LogP contribution in [0.4, 0.5) is 5.82 Å². The lowest BCUT2D eigenvalue weighted by atomic mass is 10.2. The van der Waals surface area contributed by atoms with Crippen LogP contribution in [0.5, 0.6) is 0 Å². The maximum atomic E-state index is 11.2. The Labute approximate surface area is 100 Å². The van der Waals surface area contributed by atoms with E-state index in [0.29, 0.717) is 19.5 Å². The number of carbonyl (C=O) groups is 1. The first-order valence-electron chi connectivity index (χ1n) is 5.82. The number of rotatable bonds is 2. The first kappa shape index (κ1) is 11.9. The molecule has 0 radical (unpaired) electrons.